The average molecular weight is 369 g/mol. The highest BCUT2D eigenvalue weighted by atomic mass is 16.2. The normalized spacial score (nSPS) is 16.7. The maximum Gasteiger partial charge on any atom is 0.273 e. The lowest BCUT2D eigenvalue weighted by Gasteiger charge is -2.25. The highest BCUT2D eigenvalue weighted by Gasteiger charge is 2.29. The summed E-state index contributed by atoms with van der Waals surface area (Å²) in [5.41, 5.74) is 1.33. The van der Waals surface area contributed by atoms with Crippen LogP contribution < -0.4 is 5.32 Å². The van der Waals surface area contributed by atoms with Gasteiger partial charge in [-0.05, 0) is 24.3 Å². The van der Waals surface area contributed by atoms with Crippen molar-refractivity contribution in [2.45, 2.75) is 52.2 Å². The Morgan fingerprint density at radius 3 is 2.78 bits per heavy atom. The van der Waals surface area contributed by atoms with Gasteiger partial charge in [-0.1, -0.05) is 49.4 Å². The Balaban J connectivity index is 1.55. The Morgan fingerprint density at radius 1 is 1.26 bits per heavy atom. The zero-order valence-corrected chi connectivity index (χ0v) is 16.0. The maximum atomic E-state index is 12.4. The number of carbonyl (C=O) groups is 2. The maximum absolute atomic E-state index is 12.4. The molecule has 144 valence electrons. The van der Waals surface area contributed by atoms with Crippen molar-refractivity contribution in [2.75, 3.05) is 6.54 Å². The number of carbonyl (C=O) groups excluding carboxylic acids is 2. The smallest absolute Gasteiger partial charge is 0.273 e. The molecule has 2 aromatic rings. The van der Waals surface area contributed by atoms with Crippen LogP contribution in [0.25, 0.3) is 0 Å². The zero-order chi connectivity index (χ0) is 19.2. The molecule has 7 nitrogen and oxygen atoms in total. The van der Waals surface area contributed by atoms with E-state index in [0.717, 1.165) is 24.9 Å². The third-order valence-corrected chi connectivity index (χ3v) is 4.75. The van der Waals surface area contributed by atoms with Crippen LogP contribution in [0.1, 0.15) is 49.2 Å². The topological polar surface area (TPSA) is 80.1 Å². The van der Waals surface area contributed by atoms with Crippen LogP contribution in [0.15, 0.2) is 36.5 Å². The molecule has 0 bridgehead atoms. The van der Waals surface area contributed by atoms with Crippen molar-refractivity contribution >= 4 is 11.8 Å². The van der Waals surface area contributed by atoms with Crippen molar-refractivity contribution in [3.63, 3.8) is 0 Å². The first-order chi connectivity index (χ1) is 13.0. The van der Waals surface area contributed by atoms with E-state index in [1.807, 2.05) is 35.2 Å². The van der Waals surface area contributed by atoms with Crippen LogP contribution in [0.3, 0.4) is 0 Å². The first kappa shape index (κ1) is 19.1. The third kappa shape index (κ3) is 5.15. The predicted octanol–water partition coefficient (Wildman–Crippen LogP) is 2.25. The second-order valence-corrected chi connectivity index (χ2v) is 7.48. The van der Waals surface area contributed by atoms with Crippen molar-refractivity contribution in [3.8, 4) is 0 Å². The standard InChI is InChI=1S/C20H27N5O2/c1-15(2)11-19(26)25-10-6-9-17(25)13-24-14-18(22-23-24)20(27)21-12-16-7-4-3-5-8-16/h3-5,7-8,14-15,17H,6,9-13H2,1-2H3,(H,21,27). The molecule has 2 heterocycles. The highest BCUT2D eigenvalue weighted by molar-refractivity contribution is 5.91. The lowest BCUT2D eigenvalue weighted by molar-refractivity contribution is -0.133. The minimum atomic E-state index is -0.246. The first-order valence-electron chi connectivity index (χ1n) is 9.54. The van der Waals surface area contributed by atoms with Crippen molar-refractivity contribution in [1.82, 2.24) is 25.2 Å². The number of nitrogens with one attached hydrogen (secondary N) is 1. The number of rotatable bonds is 7. The van der Waals surface area contributed by atoms with Gasteiger partial charge >= 0.3 is 0 Å². The summed E-state index contributed by atoms with van der Waals surface area (Å²) in [6.45, 7) is 5.94. The first-order valence-corrected chi connectivity index (χ1v) is 9.54. The lowest BCUT2D eigenvalue weighted by Crippen LogP contribution is -2.38. The predicted molar refractivity (Wildman–Crippen MR) is 102 cm³/mol. The molecule has 1 unspecified atom stereocenters. The van der Waals surface area contributed by atoms with Crippen LogP contribution in [-0.4, -0.2) is 44.3 Å². The summed E-state index contributed by atoms with van der Waals surface area (Å²) in [7, 11) is 0. The third-order valence-electron chi connectivity index (χ3n) is 4.75. The molecule has 1 fully saturated rings. The van der Waals surface area contributed by atoms with E-state index in [0.29, 0.717) is 31.1 Å². The molecule has 3 rings (SSSR count). The SMILES string of the molecule is CC(C)CC(=O)N1CCCC1Cn1cc(C(=O)NCc2ccccc2)nn1. The quantitative estimate of drug-likeness (QED) is 0.812. The number of likely N-dealkylation sites (tertiary alicyclic amines) is 1. The van der Waals surface area contributed by atoms with E-state index in [1.54, 1.807) is 10.9 Å². The molecular weight excluding hydrogens is 342 g/mol. The van der Waals surface area contributed by atoms with E-state index in [2.05, 4.69) is 29.5 Å². The van der Waals surface area contributed by atoms with Crippen LogP contribution in [0.2, 0.25) is 0 Å². The summed E-state index contributed by atoms with van der Waals surface area (Å²) in [5, 5.41) is 10.9. The van der Waals surface area contributed by atoms with Crippen molar-refractivity contribution < 1.29 is 9.59 Å². The molecule has 2 amide bonds. The fraction of sp³-hybridized carbons (Fsp3) is 0.500. The Bertz CT molecular complexity index is 772. The Morgan fingerprint density at radius 2 is 2.04 bits per heavy atom. The van der Waals surface area contributed by atoms with E-state index < -0.39 is 0 Å². The highest BCUT2D eigenvalue weighted by Crippen LogP contribution is 2.21. The monoisotopic (exact) mass is 369 g/mol. The summed E-state index contributed by atoms with van der Waals surface area (Å²) in [5.74, 6) is 0.308. The van der Waals surface area contributed by atoms with E-state index in [1.165, 1.54) is 0 Å². The molecule has 0 saturated carbocycles. The summed E-state index contributed by atoms with van der Waals surface area (Å²) in [6.07, 6.45) is 4.19. The van der Waals surface area contributed by atoms with Crippen molar-refractivity contribution in [1.29, 1.82) is 0 Å². The number of nitrogens with zero attached hydrogens (tertiary/aromatic N) is 4. The molecule has 1 aliphatic heterocycles. The molecule has 0 aliphatic carbocycles. The molecule has 1 saturated heterocycles. The van der Waals surface area contributed by atoms with Crippen molar-refractivity contribution in [3.05, 3.63) is 47.8 Å². The summed E-state index contributed by atoms with van der Waals surface area (Å²) in [4.78, 5) is 26.6. The van der Waals surface area contributed by atoms with E-state index in [-0.39, 0.29) is 17.9 Å². The lowest BCUT2D eigenvalue weighted by atomic mass is 10.1. The van der Waals surface area contributed by atoms with Crippen LogP contribution in [0.4, 0.5) is 0 Å². The van der Waals surface area contributed by atoms with Gasteiger partial charge in [0.1, 0.15) is 0 Å². The average Bonchev–Trinajstić information content (AvgIpc) is 3.30. The van der Waals surface area contributed by atoms with Gasteiger partial charge in [-0.2, -0.15) is 0 Å². The summed E-state index contributed by atoms with van der Waals surface area (Å²) >= 11 is 0. The van der Waals surface area contributed by atoms with Gasteiger partial charge in [-0.3, -0.25) is 9.59 Å². The molecule has 1 N–H and O–H groups in total. The number of benzene rings is 1. The molecule has 1 aliphatic rings. The van der Waals surface area contributed by atoms with Crippen LogP contribution in [0, 0.1) is 5.92 Å². The fourth-order valence-electron chi connectivity index (χ4n) is 3.40. The molecule has 1 aromatic carbocycles. The van der Waals surface area contributed by atoms with Gasteiger partial charge in [0.05, 0.1) is 18.8 Å². The number of aromatic nitrogens is 3. The number of amides is 2. The van der Waals surface area contributed by atoms with Crippen molar-refractivity contribution in [2.24, 2.45) is 5.92 Å². The van der Waals surface area contributed by atoms with E-state index in [9.17, 15) is 9.59 Å². The molecular formula is C20H27N5O2. The molecule has 7 heteroatoms. The molecule has 1 atom stereocenters. The second-order valence-electron chi connectivity index (χ2n) is 7.48. The van der Waals surface area contributed by atoms with Gasteiger partial charge in [-0.25, -0.2) is 4.68 Å². The Kier molecular flexibility index (Phi) is 6.21. The Labute approximate surface area is 159 Å². The van der Waals surface area contributed by atoms with Gasteiger partial charge in [-0.15, -0.1) is 5.10 Å². The van der Waals surface area contributed by atoms with Crippen LogP contribution in [-0.2, 0) is 17.9 Å². The Hall–Kier alpha value is -2.70. The van der Waals surface area contributed by atoms with Gasteiger partial charge in [0.25, 0.3) is 5.91 Å². The number of hydrogen-bond acceptors (Lipinski definition) is 4. The van der Waals surface area contributed by atoms with Gasteiger partial charge in [0.15, 0.2) is 5.69 Å². The molecule has 1 aromatic heterocycles. The minimum absolute atomic E-state index is 0.123. The van der Waals surface area contributed by atoms with Gasteiger partial charge in [0, 0.05) is 19.5 Å². The van der Waals surface area contributed by atoms with Crippen LogP contribution in [0.5, 0.6) is 0 Å². The van der Waals surface area contributed by atoms with Crippen LogP contribution >= 0.6 is 0 Å². The number of hydrogen-bond donors (Lipinski definition) is 1. The van der Waals surface area contributed by atoms with Gasteiger partial charge in [0.2, 0.25) is 5.91 Å². The van der Waals surface area contributed by atoms with E-state index in [4.69, 9.17) is 0 Å². The van der Waals surface area contributed by atoms with E-state index >= 15 is 0 Å². The zero-order valence-electron chi connectivity index (χ0n) is 16.0. The largest absolute Gasteiger partial charge is 0.347 e. The minimum Gasteiger partial charge on any atom is -0.347 e. The molecule has 0 spiro atoms. The molecule has 0 radical (unpaired) electrons. The summed E-state index contributed by atoms with van der Waals surface area (Å²) < 4.78 is 1.67. The van der Waals surface area contributed by atoms with Gasteiger partial charge < -0.3 is 10.2 Å². The molecule has 27 heavy (non-hydrogen) atoms. The fourth-order valence-corrected chi connectivity index (χ4v) is 3.40. The second kappa shape index (κ2) is 8.79. The summed E-state index contributed by atoms with van der Waals surface area (Å²) in [6, 6.07) is 9.85.